The van der Waals surface area contributed by atoms with E-state index in [4.69, 9.17) is 4.99 Å². The molecule has 1 heterocycles. The van der Waals surface area contributed by atoms with Crippen molar-refractivity contribution in [1.29, 1.82) is 0 Å². The van der Waals surface area contributed by atoms with E-state index in [9.17, 15) is 4.39 Å². The average Bonchev–Trinajstić information content (AvgIpc) is 3.16. The molecule has 0 aromatic heterocycles. The number of benzene rings is 3. The number of rotatable bonds is 5. The Morgan fingerprint density at radius 1 is 1.07 bits per heavy atom. The number of hydrogen-bond acceptors (Lipinski definition) is 2. The molecule has 1 aliphatic heterocycles. The largest absolute Gasteiger partial charge is 0.352 e. The van der Waals surface area contributed by atoms with E-state index in [2.05, 4.69) is 65.0 Å². The Balaban J connectivity index is 1.69. The number of hydrogen-bond donors (Lipinski definition) is 0. The first kappa shape index (κ1) is 19.1. The number of fused-ring (bicyclic) bond motifs is 1. The van der Waals surface area contributed by atoms with Gasteiger partial charge in [0.15, 0.2) is 0 Å². The van der Waals surface area contributed by atoms with Crippen LogP contribution in [0.2, 0.25) is 0 Å². The van der Waals surface area contributed by atoms with Crippen LogP contribution in [0, 0.1) is 5.82 Å². The zero-order valence-corrected chi connectivity index (χ0v) is 17.8. The highest BCUT2D eigenvalue weighted by atomic mass is 79.9. The maximum Gasteiger partial charge on any atom is 0.131 e. The minimum atomic E-state index is -0.143. The molecule has 0 aliphatic carbocycles. The summed E-state index contributed by atoms with van der Waals surface area (Å²) in [6, 6.07) is 18.4. The maximum atomic E-state index is 14.8. The van der Waals surface area contributed by atoms with E-state index in [1.807, 2.05) is 12.1 Å². The zero-order chi connectivity index (χ0) is 19.7. The van der Waals surface area contributed by atoms with Crippen molar-refractivity contribution in [2.45, 2.75) is 32.7 Å². The summed E-state index contributed by atoms with van der Waals surface area (Å²) in [7, 11) is 0. The van der Waals surface area contributed by atoms with E-state index < -0.39 is 0 Å². The van der Waals surface area contributed by atoms with E-state index in [1.165, 1.54) is 16.3 Å². The molecule has 4 rings (SSSR count). The fourth-order valence-corrected chi connectivity index (χ4v) is 4.56. The summed E-state index contributed by atoms with van der Waals surface area (Å²) in [6.45, 7) is 6.00. The molecule has 0 bridgehead atoms. The third-order valence-electron chi connectivity index (χ3n) is 5.41. The molecule has 0 amide bonds. The molecule has 4 heteroatoms. The van der Waals surface area contributed by atoms with Gasteiger partial charge in [0.1, 0.15) is 11.7 Å². The molecule has 1 aliphatic rings. The van der Waals surface area contributed by atoms with Crippen LogP contribution < -0.4 is 0 Å². The van der Waals surface area contributed by atoms with Gasteiger partial charge >= 0.3 is 0 Å². The molecule has 0 atom stereocenters. The summed E-state index contributed by atoms with van der Waals surface area (Å²) in [5, 5.41) is 2.43. The van der Waals surface area contributed by atoms with Crippen LogP contribution in [0.25, 0.3) is 10.8 Å². The van der Waals surface area contributed by atoms with Gasteiger partial charge in [0.25, 0.3) is 0 Å². The number of nitrogens with zero attached hydrogens (tertiary/aromatic N) is 2. The van der Waals surface area contributed by atoms with Crippen LogP contribution in [-0.4, -0.2) is 29.9 Å². The molecule has 0 N–H and O–H groups in total. The van der Waals surface area contributed by atoms with Gasteiger partial charge in [-0.1, -0.05) is 52.3 Å². The normalized spacial score (nSPS) is 14.2. The lowest BCUT2D eigenvalue weighted by atomic mass is 9.95. The fraction of sp³-hybridized carbons (Fsp3) is 0.292. The SMILES string of the molecule is CC(C)N1CCN=C1c1cccc(F)c1CCc1cc(Br)cc2ccccc12. The first-order valence-electron chi connectivity index (χ1n) is 9.80. The van der Waals surface area contributed by atoms with E-state index in [1.54, 1.807) is 12.1 Å². The third-order valence-corrected chi connectivity index (χ3v) is 5.87. The van der Waals surface area contributed by atoms with Gasteiger partial charge in [-0.05, 0) is 66.8 Å². The number of aryl methyl sites for hydroxylation is 1. The Labute approximate surface area is 174 Å². The predicted octanol–water partition coefficient (Wildman–Crippen LogP) is 6.00. The molecule has 3 aromatic carbocycles. The van der Waals surface area contributed by atoms with Crippen molar-refractivity contribution >= 4 is 32.5 Å². The van der Waals surface area contributed by atoms with Crippen LogP contribution in [0.5, 0.6) is 0 Å². The molecule has 0 saturated carbocycles. The number of aliphatic imine (C=N–C) groups is 1. The van der Waals surface area contributed by atoms with E-state index in [0.29, 0.717) is 12.5 Å². The van der Waals surface area contributed by atoms with Crippen LogP contribution in [0.4, 0.5) is 4.39 Å². The fourth-order valence-electron chi connectivity index (χ4n) is 4.04. The molecule has 0 fully saturated rings. The van der Waals surface area contributed by atoms with Gasteiger partial charge in [0.2, 0.25) is 0 Å². The minimum absolute atomic E-state index is 0.143. The lowest BCUT2D eigenvalue weighted by molar-refractivity contribution is 0.381. The van der Waals surface area contributed by atoms with Crippen molar-refractivity contribution in [3.05, 3.63) is 81.6 Å². The second kappa shape index (κ2) is 8.04. The van der Waals surface area contributed by atoms with Crippen LogP contribution >= 0.6 is 15.9 Å². The highest BCUT2D eigenvalue weighted by Gasteiger charge is 2.24. The van der Waals surface area contributed by atoms with Crippen molar-refractivity contribution in [3.63, 3.8) is 0 Å². The standard InChI is InChI=1S/C24H24BrFN2/c1-16(2)28-13-12-27-24(28)22-8-5-9-23(26)21(22)11-10-18-15-19(25)14-17-6-3-4-7-20(17)18/h3-9,14-16H,10-13H2,1-2H3. The Morgan fingerprint density at radius 2 is 1.89 bits per heavy atom. The van der Waals surface area contributed by atoms with Gasteiger partial charge < -0.3 is 4.90 Å². The highest BCUT2D eigenvalue weighted by Crippen LogP contribution is 2.27. The highest BCUT2D eigenvalue weighted by molar-refractivity contribution is 9.10. The van der Waals surface area contributed by atoms with Crippen molar-refractivity contribution in [1.82, 2.24) is 4.90 Å². The average molecular weight is 439 g/mol. The minimum Gasteiger partial charge on any atom is -0.352 e. The monoisotopic (exact) mass is 438 g/mol. The van der Waals surface area contributed by atoms with Crippen LogP contribution in [0.3, 0.4) is 0 Å². The predicted molar refractivity (Wildman–Crippen MR) is 119 cm³/mol. The molecular weight excluding hydrogens is 415 g/mol. The number of amidine groups is 1. The Kier molecular flexibility index (Phi) is 5.49. The van der Waals surface area contributed by atoms with Gasteiger partial charge in [-0.2, -0.15) is 0 Å². The lowest BCUT2D eigenvalue weighted by Crippen LogP contribution is -2.35. The maximum absolute atomic E-state index is 14.8. The second-order valence-corrected chi connectivity index (χ2v) is 8.46. The van der Waals surface area contributed by atoms with E-state index in [0.717, 1.165) is 40.9 Å². The van der Waals surface area contributed by atoms with Gasteiger partial charge in [-0.3, -0.25) is 4.99 Å². The summed E-state index contributed by atoms with van der Waals surface area (Å²) in [6.07, 6.45) is 1.43. The summed E-state index contributed by atoms with van der Waals surface area (Å²) in [5.41, 5.74) is 2.93. The quantitative estimate of drug-likeness (QED) is 0.476. The summed E-state index contributed by atoms with van der Waals surface area (Å²) >= 11 is 3.62. The van der Waals surface area contributed by atoms with Crippen molar-refractivity contribution in [2.24, 2.45) is 4.99 Å². The summed E-state index contributed by atoms with van der Waals surface area (Å²) in [5.74, 6) is 0.790. The molecule has 0 saturated heterocycles. The smallest absolute Gasteiger partial charge is 0.131 e. The number of halogens is 2. The molecule has 2 nitrogen and oxygen atoms in total. The summed E-state index contributed by atoms with van der Waals surface area (Å²) < 4.78 is 15.9. The summed E-state index contributed by atoms with van der Waals surface area (Å²) in [4.78, 5) is 6.97. The molecule has 3 aromatic rings. The van der Waals surface area contributed by atoms with Gasteiger partial charge in [0, 0.05) is 22.6 Å². The zero-order valence-electron chi connectivity index (χ0n) is 16.3. The Morgan fingerprint density at radius 3 is 2.71 bits per heavy atom. The topological polar surface area (TPSA) is 15.6 Å². The van der Waals surface area contributed by atoms with Crippen molar-refractivity contribution in [2.75, 3.05) is 13.1 Å². The molecule has 0 spiro atoms. The lowest BCUT2D eigenvalue weighted by Gasteiger charge is -2.26. The first-order valence-corrected chi connectivity index (χ1v) is 10.6. The van der Waals surface area contributed by atoms with Gasteiger partial charge in [-0.25, -0.2) is 4.39 Å². The molecule has 28 heavy (non-hydrogen) atoms. The van der Waals surface area contributed by atoms with Crippen LogP contribution in [0.15, 0.2) is 64.1 Å². The van der Waals surface area contributed by atoms with E-state index in [-0.39, 0.29) is 5.82 Å². The van der Waals surface area contributed by atoms with Gasteiger partial charge in [-0.15, -0.1) is 0 Å². The molecular formula is C24H24BrFN2. The Bertz CT molecular complexity index is 1040. The van der Waals surface area contributed by atoms with Crippen molar-refractivity contribution < 1.29 is 4.39 Å². The van der Waals surface area contributed by atoms with E-state index >= 15 is 0 Å². The first-order chi connectivity index (χ1) is 13.5. The molecule has 144 valence electrons. The Hall–Kier alpha value is -2.20. The van der Waals surface area contributed by atoms with Crippen LogP contribution in [-0.2, 0) is 12.8 Å². The molecule has 0 radical (unpaired) electrons. The van der Waals surface area contributed by atoms with Crippen LogP contribution in [0.1, 0.15) is 30.5 Å². The molecule has 0 unspecified atom stereocenters. The van der Waals surface area contributed by atoms with Gasteiger partial charge in [0.05, 0.1) is 6.54 Å². The van der Waals surface area contributed by atoms with Crippen molar-refractivity contribution in [3.8, 4) is 0 Å². The second-order valence-electron chi connectivity index (χ2n) is 7.54. The third kappa shape index (κ3) is 3.70.